The van der Waals surface area contributed by atoms with Gasteiger partial charge in [0.25, 0.3) is 0 Å². The van der Waals surface area contributed by atoms with Gasteiger partial charge in [-0.3, -0.25) is 9.48 Å². The third-order valence-corrected chi connectivity index (χ3v) is 4.50. The van der Waals surface area contributed by atoms with Crippen molar-refractivity contribution in [2.24, 2.45) is 5.92 Å². The molecule has 0 fully saturated rings. The molecule has 26 heavy (non-hydrogen) atoms. The molecule has 6 nitrogen and oxygen atoms in total. The molecule has 1 aromatic carbocycles. The van der Waals surface area contributed by atoms with E-state index in [4.69, 9.17) is 9.47 Å². The van der Waals surface area contributed by atoms with E-state index < -0.39 is 0 Å². The smallest absolute Gasteiger partial charge is 0.224 e. The first-order chi connectivity index (χ1) is 12.4. The zero-order valence-electron chi connectivity index (χ0n) is 15.9. The van der Waals surface area contributed by atoms with Crippen LogP contribution in [-0.2, 0) is 17.8 Å². The number of ether oxygens (including phenoxy) is 2. The zero-order valence-corrected chi connectivity index (χ0v) is 15.9. The number of nitrogens with one attached hydrogen (secondary N) is 1. The first kappa shape index (κ1) is 18.3. The second-order valence-corrected chi connectivity index (χ2v) is 7.20. The molecule has 1 amide bonds. The number of para-hydroxylation sites is 2. The lowest BCUT2D eigenvalue weighted by Gasteiger charge is -2.26. The minimum absolute atomic E-state index is 0.0252. The highest BCUT2D eigenvalue weighted by molar-refractivity contribution is 5.79. The minimum atomic E-state index is -0.181. The number of carbonyl (C=O) groups is 1. The van der Waals surface area contributed by atoms with E-state index in [-0.39, 0.29) is 12.0 Å². The number of aromatic nitrogens is 2. The van der Waals surface area contributed by atoms with Gasteiger partial charge in [-0.15, -0.1) is 0 Å². The van der Waals surface area contributed by atoms with Gasteiger partial charge < -0.3 is 14.8 Å². The molecule has 1 atom stereocenters. The van der Waals surface area contributed by atoms with Crippen molar-refractivity contribution in [3.63, 3.8) is 0 Å². The van der Waals surface area contributed by atoms with Crippen molar-refractivity contribution in [3.8, 4) is 11.5 Å². The molecule has 1 aliphatic rings. The van der Waals surface area contributed by atoms with Gasteiger partial charge in [0.1, 0.15) is 12.7 Å². The summed E-state index contributed by atoms with van der Waals surface area (Å²) < 4.78 is 13.5. The normalized spacial score (nSPS) is 16.0. The third kappa shape index (κ3) is 4.18. The van der Waals surface area contributed by atoms with Gasteiger partial charge in [0.15, 0.2) is 11.5 Å². The quantitative estimate of drug-likeness (QED) is 0.863. The van der Waals surface area contributed by atoms with E-state index in [1.54, 1.807) is 0 Å². The van der Waals surface area contributed by atoms with E-state index >= 15 is 0 Å². The fourth-order valence-electron chi connectivity index (χ4n) is 3.13. The van der Waals surface area contributed by atoms with Gasteiger partial charge in [-0.05, 0) is 31.9 Å². The highest BCUT2D eigenvalue weighted by Gasteiger charge is 2.22. The van der Waals surface area contributed by atoms with Crippen molar-refractivity contribution < 1.29 is 14.3 Å². The predicted molar refractivity (Wildman–Crippen MR) is 99.6 cm³/mol. The first-order valence-corrected chi connectivity index (χ1v) is 9.12. The SMILES string of the molecule is Cc1nn(CC(C)C)c(C)c1CC(=O)NC[C@H]1COc2ccccc2O1. The molecular weight excluding hydrogens is 330 g/mol. The van der Waals surface area contributed by atoms with Gasteiger partial charge in [0.2, 0.25) is 5.91 Å². The number of nitrogens with zero attached hydrogens (tertiary/aromatic N) is 2. The van der Waals surface area contributed by atoms with Crippen LogP contribution in [0.4, 0.5) is 0 Å². The standard InChI is InChI=1S/C20H27N3O3/c1-13(2)11-23-15(4)17(14(3)22-23)9-20(24)21-10-16-12-25-18-7-5-6-8-19(18)26-16/h5-8,13,16H,9-12H2,1-4H3,(H,21,24)/t16-/m0/s1. The van der Waals surface area contributed by atoms with Gasteiger partial charge in [-0.1, -0.05) is 26.0 Å². The average molecular weight is 357 g/mol. The van der Waals surface area contributed by atoms with Crippen LogP contribution in [-0.4, -0.2) is 34.9 Å². The Bertz CT molecular complexity index is 783. The predicted octanol–water partition coefficient (Wildman–Crippen LogP) is 2.65. The van der Waals surface area contributed by atoms with Crippen LogP contribution in [0.3, 0.4) is 0 Å². The van der Waals surface area contributed by atoms with Crippen LogP contribution in [0, 0.1) is 19.8 Å². The van der Waals surface area contributed by atoms with E-state index in [1.165, 1.54) is 0 Å². The lowest BCUT2D eigenvalue weighted by molar-refractivity contribution is -0.121. The lowest BCUT2D eigenvalue weighted by Crippen LogP contribution is -2.41. The van der Waals surface area contributed by atoms with Crippen molar-refractivity contribution in [2.45, 2.75) is 46.8 Å². The lowest BCUT2D eigenvalue weighted by atomic mass is 10.1. The molecule has 0 aliphatic carbocycles. The summed E-state index contributed by atoms with van der Waals surface area (Å²) in [7, 11) is 0. The number of carbonyl (C=O) groups excluding carboxylic acids is 1. The maximum Gasteiger partial charge on any atom is 0.224 e. The van der Waals surface area contributed by atoms with Gasteiger partial charge in [-0.25, -0.2) is 0 Å². The highest BCUT2D eigenvalue weighted by atomic mass is 16.6. The molecule has 6 heteroatoms. The average Bonchev–Trinajstić information content (AvgIpc) is 2.86. The van der Waals surface area contributed by atoms with Gasteiger partial charge in [0, 0.05) is 17.8 Å². The molecule has 1 N–H and O–H groups in total. The van der Waals surface area contributed by atoms with E-state index in [0.29, 0.717) is 25.5 Å². The van der Waals surface area contributed by atoms with Crippen molar-refractivity contribution in [3.05, 3.63) is 41.2 Å². The Labute approximate surface area is 154 Å². The monoisotopic (exact) mass is 357 g/mol. The summed E-state index contributed by atoms with van der Waals surface area (Å²) in [6.07, 6.45) is 0.152. The topological polar surface area (TPSA) is 65.4 Å². The molecule has 140 valence electrons. The third-order valence-electron chi connectivity index (χ3n) is 4.50. The molecular formula is C20H27N3O3. The van der Waals surface area contributed by atoms with Crippen LogP contribution in [0.25, 0.3) is 0 Å². The molecule has 0 radical (unpaired) electrons. The van der Waals surface area contributed by atoms with E-state index in [9.17, 15) is 4.79 Å². The van der Waals surface area contributed by atoms with Crippen molar-refractivity contribution >= 4 is 5.91 Å². The second kappa shape index (κ2) is 7.81. The number of fused-ring (bicyclic) bond motifs is 1. The van der Waals surface area contributed by atoms with Gasteiger partial charge in [-0.2, -0.15) is 5.10 Å². The molecule has 0 saturated heterocycles. The van der Waals surface area contributed by atoms with Gasteiger partial charge >= 0.3 is 0 Å². The number of hydrogen-bond donors (Lipinski definition) is 1. The molecule has 2 heterocycles. The van der Waals surface area contributed by atoms with E-state index in [2.05, 4.69) is 24.3 Å². The van der Waals surface area contributed by atoms with E-state index in [0.717, 1.165) is 35.0 Å². The Morgan fingerprint density at radius 1 is 1.31 bits per heavy atom. The van der Waals surface area contributed by atoms with Crippen molar-refractivity contribution in [1.29, 1.82) is 0 Å². The molecule has 1 aliphatic heterocycles. The molecule has 1 aromatic heterocycles. The molecule has 0 spiro atoms. The summed E-state index contributed by atoms with van der Waals surface area (Å²) in [5.74, 6) is 1.96. The van der Waals surface area contributed by atoms with Crippen LogP contribution in [0.2, 0.25) is 0 Å². The van der Waals surface area contributed by atoms with Crippen LogP contribution in [0.15, 0.2) is 24.3 Å². The summed E-state index contributed by atoms with van der Waals surface area (Å²) in [6.45, 7) is 10.0. The van der Waals surface area contributed by atoms with Gasteiger partial charge in [0.05, 0.1) is 18.7 Å². The molecule has 0 unspecified atom stereocenters. The van der Waals surface area contributed by atoms with Crippen molar-refractivity contribution in [2.75, 3.05) is 13.2 Å². The highest BCUT2D eigenvalue weighted by Crippen LogP contribution is 2.30. The fraction of sp³-hybridized carbons (Fsp3) is 0.500. The summed E-state index contributed by atoms with van der Waals surface area (Å²) in [5, 5.41) is 7.53. The van der Waals surface area contributed by atoms with E-state index in [1.807, 2.05) is 42.8 Å². The van der Waals surface area contributed by atoms with Crippen LogP contribution in [0.1, 0.15) is 30.8 Å². The summed E-state index contributed by atoms with van der Waals surface area (Å²) in [6, 6.07) is 7.57. The fourth-order valence-corrected chi connectivity index (χ4v) is 3.13. The minimum Gasteiger partial charge on any atom is -0.486 e. The Hall–Kier alpha value is -2.50. The molecule has 0 bridgehead atoms. The Morgan fingerprint density at radius 2 is 2.04 bits per heavy atom. The van der Waals surface area contributed by atoms with Crippen LogP contribution < -0.4 is 14.8 Å². The maximum atomic E-state index is 12.4. The summed E-state index contributed by atoms with van der Waals surface area (Å²) in [5.41, 5.74) is 3.00. The van der Waals surface area contributed by atoms with Crippen LogP contribution >= 0.6 is 0 Å². The molecule has 0 saturated carbocycles. The number of aryl methyl sites for hydroxylation is 1. The number of hydrogen-bond acceptors (Lipinski definition) is 4. The second-order valence-electron chi connectivity index (χ2n) is 7.20. The molecule has 2 aromatic rings. The number of rotatable bonds is 6. The summed E-state index contributed by atoms with van der Waals surface area (Å²) >= 11 is 0. The Morgan fingerprint density at radius 3 is 2.77 bits per heavy atom. The summed E-state index contributed by atoms with van der Waals surface area (Å²) in [4.78, 5) is 12.4. The molecule has 3 rings (SSSR count). The van der Waals surface area contributed by atoms with Crippen LogP contribution in [0.5, 0.6) is 11.5 Å². The Balaban J connectivity index is 1.55. The first-order valence-electron chi connectivity index (χ1n) is 9.12. The Kier molecular flexibility index (Phi) is 5.49. The number of amides is 1. The van der Waals surface area contributed by atoms with Crippen molar-refractivity contribution in [1.82, 2.24) is 15.1 Å². The largest absolute Gasteiger partial charge is 0.486 e. The zero-order chi connectivity index (χ0) is 18.7. The number of benzene rings is 1. The maximum absolute atomic E-state index is 12.4.